The molecule has 2 aromatic rings. The molecule has 0 aliphatic heterocycles. The fourth-order valence-corrected chi connectivity index (χ4v) is 2.08. The molecule has 0 fully saturated rings. The van der Waals surface area contributed by atoms with Crippen molar-refractivity contribution in [3.8, 4) is 11.1 Å². The van der Waals surface area contributed by atoms with Crippen LogP contribution in [0.5, 0.6) is 0 Å². The Hall–Kier alpha value is -1.31. The van der Waals surface area contributed by atoms with Crippen molar-refractivity contribution >= 4 is 12.4 Å². The summed E-state index contributed by atoms with van der Waals surface area (Å²) in [5.41, 5.74) is 10.8. The molecule has 18 heavy (non-hydrogen) atoms. The molecule has 2 N–H and O–H groups in total. The van der Waals surface area contributed by atoms with Crippen LogP contribution in [0.15, 0.2) is 48.5 Å². The highest BCUT2D eigenvalue weighted by atomic mass is 35.5. The first-order valence-electron chi connectivity index (χ1n) is 6.10. The van der Waals surface area contributed by atoms with Crippen LogP contribution in [0.3, 0.4) is 0 Å². The third-order valence-corrected chi connectivity index (χ3v) is 3.08. The first kappa shape index (κ1) is 14.7. The number of rotatable bonds is 3. The second-order valence-electron chi connectivity index (χ2n) is 4.64. The molecule has 1 nitrogen and oxygen atoms in total. The van der Waals surface area contributed by atoms with Crippen LogP contribution in [0.2, 0.25) is 0 Å². The maximum Gasteiger partial charge on any atom is 0.0178 e. The molecular formula is C16H20ClN. The molecule has 96 valence electrons. The van der Waals surface area contributed by atoms with Gasteiger partial charge in [-0.3, -0.25) is 0 Å². The molecule has 0 unspecified atom stereocenters. The largest absolute Gasteiger partial charge is 0.326 e. The van der Waals surface area contributed by atoms with Crippen LogP contribution in [-0.4, -0.2) is 0 Å². The number of hydrogen-bond acceptors (Lipinski definition) is 1. The predicted molar refractivity (Wildman–Crippen MR) is 81.1 cm³/mol. The number of halogens is 1. The number of hydrogen-bond donors (Lipinski definition) is 1. The van der Waals surface area contributed by atoms with Gasteiger partial charge < -0.3 is 5.73 Å². The second kappa shape index (κ2) is 6.58. The standard InChI is InChI=1S/C16H19N.ClH/c1-12(2)15-5-3-4-6-16(15)14-9-7-13(11-17)8-10-14;/h3-10,12H,11,17H2,1-2H3;1H. The molecule has 0 atom stereocenters. The molecule has 0 heterocycles. The van der Waals surface area contributed by atoms with E-state index in [9.17, 15) is 0 Å². The molecule has 2 aromatic carbocycles. The maximum atomic E-state index is 5.62. The van der Waals surface area contributed by atoms with Crippen molar-refractivity contribution in [1.29, 1.82) is 0 Å². The maximum absolute atomic E-state index is 5.62. The summed E-state index contributed by atoms with van der Waals surface area (Å²) in [6, 6.07) is 17.1. The fraction of sp³-hybridized carbons (Fsp3) is 0.250. The van der Waals surface area contributed by atoms with Gasteiger partial charge in [-0.2, -0.15) is 0 Å². The van der Waals surface area contributed by atoms with E-state index in [1.165, 1.54) is 22.3 Å². The van der Waals surface area contributed by atoms with Gasteiger partial charge in [-0.25, -0.2) is 0 Å². The van der Waals surface area contributed by atoms with E-state index in [0.717, 1.165) is 0 Å². The van der Waals surface area contributed by atoms with E-state index in [1.54, 1.807) is 0 Å². The molecule has 0 saturated carbocycles. The molecule has 0 amide bonds. The van der Waals surface area contributed by atoms with Crippen molar-refractivity contribution in [2.45, 2.75) is 26.3 Å². The summed E-state index contributed by atoms with van der Waals surface area (Å²) in [6.45, 7) is 5.06. The van der Waals surface area contributed by atoms with Gasteiger partial charge in [0, 0.05) is 6.54 Å². The van der Waals surface area contributed by atoms with Crippen molar-refractivity contribution in [2.24, 2.45) is 5.73 Å². The number of nitrogens with two attached hydrogens (primary N) is 1. The van der Waals surface area contributed by atoms with Gasteiger partial charge in [-0.15, -0.1) is 12.4 Å². The molecule has 0 saturated heterocycles. The first-order chi connectivity index (χ1) is 8.22. The van der Waals surface area contributed by atoms with Crippen molar-refractivity contribution in [3.63, 3.8) is 0 Å². The quantitative estimate of drug-likeness (QED) is 0.873. The van der Waals surface area contributed by atoms with E-state index in [4.69, 9.17) is 5.73 Å². The van der Waals surface area contributed by atoms with Gasteiger partial charge in [-0.1, -0.05) is 62.4 Å². The Morgan fingerprint density at radius 2 is 1.56 bits per heavy atom. The van der Waals surface area contributed by atoms with Crippen molar-refractivity contribution in [1.82, 2.24) is 0 Å². The Labute approximate surface area is 115 Å². The Morgan fingerprint density at radius 3 is 2.11 bits per heavy atom. The van der Waals surface area contributed by atoms with E-state index in [-0.39, 0.29) is 12.4 Å². The Balaban J connectivity index is 0.00000162. The minimum atomic E-state index is 0. The summed E-state index contributed by atoms with van der Waals surface area (Å²) >= 11 is 0. The first-order valence-corrected chi connectivity index (χ1v) is 6.10. The van der Waals surface area contributed by atoms with Gasteiger partial charge in [-0.05, 0) is 28.2 Å². The molecule has 0 aliphatic rings. The van der Waals surface area contributed by atoms with Crippen LogP contribution < -0.4 is 5.73 Å². The van der Waals surface area contributed by atoms with Gasteiger partial charge in [0.2, 0.25) is 0 Å². The third-order valence-electron chi connectivity index (χ3n) is 3.08. The van der Waals surface area contributed by atoms with E-state index in [0.29, 0.717) is 12.5 Å². The fourth-order valence-electron chi connectivity index (χ4n) is 2.08. The van der Waals surface area contributed by atoms with Gasteiger partial charge in [0.25, 0.3) is 0 Å². The van der Waals surface area contributed by atoms with Gasteiger partial charge in [0.05, 0.1) is 0 Å². The van der Waals surface area contributed by atoms with E-state index >= 15 is 0 Å². The zero-order chi connectivity index (χ0) is 12.3. The minimum Gasteiger partial charge on any atom is -0.326 e. The van der Waals surface area contributed by atoms with Crippen LogP contribution in [0.25, 0.3) is 11.1 Å². The summed E-state index contributed by atoms with van der Waals surface area (Å²) in [5, 5.41) is 0. The third kappa shape index (κ3) is 3.12. The normalized spacial score (nSPS) is 10.2. The average Bonchev–Trinajstić information content (AvgIpc) is 2.39. The minimum absolute atomic E-state index is 0. The SMILES string of the molecule is CC(C)c1ccccc1-c1ccc(CN)cc1.Cl. The van der Waals surface area contributed by atoms with Crippen LogP contribution in [0.1, 0.15) is 30.9 Å². The summed E-state index contributed by atoms with van der Waals surface area (Å²) in [6.07, 6.45) is 0. The Bertz CT molecular complexity index is 489. The lowest BCUT2D eigenvalue weighted by Crippen LogP contribution is -1.96. The zero-order valence-electron chi connectivity index (χ0n) is 10.9. The second-order valence-corrected chi connectivity index (χ2v) is 4.64. The molecule has 0 bridgehead atoms. The summed E-state index contributed by atoms with van der Waals surface area (Å²) < 4.78 is 0. The lowest BCUT2D eigenvalue weighted by molar-refractivity contribution is 0.869. The van der Waals surface area contributed by atoms with Crippen LogP contribution in [0, 0.1) is 0 Å². The highest BCUT2D eigenvalue weighted by molar-refractivity contribution is 5.85. The monoisotopic (exact) mass is 261 g/mol. The summed E-state index contributed by atoms with van der Waals surface area (Å²) in [5.74, 6) is 0.542. The summed E-state index contributed by atoms with van der Waals surface area (Å²) in [7, 11) is 0. The van der Waals surface area contributed by atoms with Crippen molar-refractivity contribution in [2.75, 3.05) is 0 Å². The molecule has 0 aliphatic carbocycles. The molecular weight excluding hydrogens is 242 g/mol. The van der Waals surface area contributed by atoms with Gasteiger partial charge in [0.1, 0.15) is 0 Å². The lowest BCUT2D eigenvalue weighted by Gasteiger charge is -2.13. The summed E-state index contributed by atoms with van der Waals surface area (Å²) in [4.78, 5) is 0. The zero-order valence-corrected chi connectivity index (χ0v) is 11.7. The Morgan fingerprint density at radius 1 is 0.944 bits per heavy atom. The average molecular weight is 262 g/mol. The molecule has 2 rings (SSSR count). The molecule has 0 spiro atoms. The van der Waals surface area contributed by atoms with Gasteiger partial charge >= 0.3 is 0 Å². The highest BCUT2D eigenvalue weighted by Crippen LogP contribution is 2.28. The smallest absolute Gasteiger partial charge is 0.0178 e. The molecule has 0 aromatic heterocycles. The topological polar surface area (TPSA) is 26.0 Å². The van der Waals surface area contributed by atoms with E-state index in [2.05, 4.69) is 62.4 Å². The van der Waals surface area contributed by atoms with Crippen LogP contribution >= 0.6 is 12.4 Å². The highest BCUT2D eigenvalue weighted by Gasteiger charge is 2.07. The van der Waals surface area contributed by atoms with E-state index in [1.807, 2.05) is 0 Å². The predicted octanol–water partition coefficient (Wildman–Crippen LogP) is 4.36. The Kier molecular flexibility index (Phi) is 5.39. The van der Waals surface area contributed by atoms with Gasteiger partial charge in [0.15, 0.2) is 0 Å². The van der Waals surface area contributed by atoms with Crippen LogP contribution in [0.4, 0.5) is 0 Å². The lowest BCUT2D eigenvalue weighted by atomic mass is 9.92. The van der Waals surface area contributed by atoms with E-state index < -0.39 is 0 Å². The number of benzene rings is 2. The van der Waals surface area contributed by atoms with Crippen LogP contribution in [-0.2, 0) is 6.54 Å². The van der Waals surface area contributed by atoms with Crippen molar-refractivity contribution in [3.05, 3.63) is 59.7 Å². The molecule has 0 radical (unpaired) electrons. The molecule has 2 heteroatoms. The van der Waals surface area contributed by atoms with Crippen molar-refractivity contribution < 1.29 is 0 Å².